The highest BCUT2D eigenvalue weighted by molar-refractivity contribution is 5.86. The maximum Gasteiger partial charge on any atom is 0.307 e. The quantitative estimate of drug-likeness (QED) is 0.619. The Labute approximate surface area is 127 Å². The lowest BCUT2D eigenvalue weighted by atomic mass is 9.73. The Balaban J connectivity index is 2.09. The number of nitro groups is 1. The number of carboxylic acids is 1. The molecule has 0 spiro atoms. The number of benzene rings is 1. The first-order valence-electron chi connectivity index (χ1n) is 7.21. The number of amides is 1. The zero-order valence-electron chi connectivity index (χ0n) is 12.2. The highest BCUT2D eigenvalue weighted by Crippen LogP contribution is 2.35. The van der Waals surface area contributed by atoms with Gasteiger partial charge in [0.05, 0.1) is 22.8 Å². The van der Waals surface area contributed by atoms with Crippen molar-refractivity contribution in [1.29, 1.82) is 0 Å². The number of carbonyl (C=O) groups excluding carboxylic acids is 1. The Morgan fingerprint density at radius 3 is 2.59 bits per heavy atom. The van der Waals surface area contributed by atoms with Crippen LogP contribution in [0.4, 0.5) is 5.69 Å². The van der Waals surface area contributed by atoms with Crippen LogP contribution in [-0.2, 0) is 9.59 Å². The molecule has 0 saturated heterocycles. The number of nitrogens with one attached hydrogen (secondary N) is 1. The van der Waals surface area contributed by atoms with E-state index in [9.17, 15) is 19.7 Å². The van der Waals surface area contributed by atoms with E-state index in [1.807, 2.05) is 6.92 Å². The van der Waals surface area contributed by atoms with Crippen molar-refractivity contribution in [3.05, 3.63) is 39.9 Å². The summed E-state index contributed by atoms with van der Waals surface area (Å²) in [5.74, 6) is -2.38. The topological polar surface area (TPSA) is 110 Å². The molecule has 3 unspecified atom stereocenters. The maximum absolute atomic E-state index is 12.2. The molecule has 2 rings (SSSR count). The summed E-state index contributed by atoms with van der Waals surface area (Å²) in [5.41, 5.74) is 0.619. The lowest BCUT2D eigenvalue weighted by molar-refractivity contribution is -0.384. The number of rotatable bonds is 6. The van der Waals surface area contributed by atoms with Gasteiger partial charge in [-0.2, -0.15) is 0 Å². The normalized spacial score (nSPS) is 21.5. The number of non-ortho nitro benzene ring substituents is 1. The molecule has 118 valence electrons. The van der Waals surface area contributed by atoms with E-state index in [0.29, 0.717) is 24.8 Å². The third kappa shape index (κ3) is 3.24. The predicted molar refractivity (Wildman–Crippen MR) is 78.1 cm³/mol. The van der Waals surface area contributed by atoms with E-state index in [1.54, 1.807) is 12.1 Å². The molecule has 0 aliphatic heterocycles. The van der Waals surface area contributed by atoms with Crippen LogP contribution in [-0.4, -0.2) is 21.9 Å². The fourth-order valence-corrected chi connectivity index (χ4v) is 2.66. The minimum Gasteiger partial charge on any atom is -0.481 e. The standard InChI is InChI=1S/C15H18N2O5/c1-2-13(9-4-3-5-10(8-9)17(21)22)16-14(18)11-6-7-12(11)15(19)20/h3-5,8,11-13H,2,6-7H2,1H3,(H,16,18)(H,19,20). The van der Waals surface area contributed by atoms with Crippen molar-refractivity contribution in [1.82, 2.24) is 5.32 Å². The fraction of sp³-hybridized carbons (Fsp3) is 0.467. The van der Waals surface area contributed by atoms with Gasteiger partial charge in [0.1, 0.15) is 0 Å². The van der Waals surface area contributed by atoms with Gasteiger partial charge in [-0.05, 0) is 24.8 Å². The molecule has 1 amide bonds. The van der Waals surface area contributed by atoms with Gasteiger partial charge in [0.25, 0.3) is 5.69 Å². The van der Waals surface area contributed by atoms with Gasteiger partial charge in [-0.3, -0.25) is 19.7 Å². The Bertz CT molecular complexity index is 601. The fourth-order valence-electron chi connectivity index (χ4n) is 2.66. The van der Waals surface area contributed by atoms with E-state index in [2.05, 4.69) is 5.32 Å². The molecular weight excluding hydrogens is 288 g/mol. The van der Waals surface area contributed by atoms with Crippen LogP contribution in [0.15, 0.2) is 24.3 Å². The summed E-state index contributed by atoms with van der Waals surface area (Å²) in [5, 5.41) is 22.6. The Morgan fingerprint density at radius 2 is 2.09 bits per heavy atom. The molecule has 1 saturated carbocycles. The van der Waals surface area contributed by atoms with Gasteiger partial charge in [0, 0.05) is 12.1 Å². The first-order valence-corrected chi connectivity index (χ1v) is 7.21. The molecule has 22 heavy (non-hydrogen) atoms. The Hall–Kier alpha value is -2.44. The van der Waals surface area contributed by atoms with Crippen molar-refractivity contribution in [3.8, 4) is 0 Å². The van der Waals surface area contributed by atoms with Crippen LogP contribution < -0.4 is 5.32 Å². The van der Waals surface area contributed by atoms with E-state index < -0.39 is 22.7 Å². The van der Waals surface area contributed by atoms with Crippen LogP contribution in [0.3, 0.4) is 0 Å². The Kier molecular flexibility index (Phi) is 4.75. The molecule has 1 fully saturated rings. The van der Waals surface area contributed by atoms with Gasteiger partial charge in [0.2, 0.25) is 5.91 Å². The second-order valence-corrected chi connectivity index (χ2v) is 5.45. The molecule has 1 aliphatic rings. The van der Waals surface area contributed by atoms with Crippen LogP contribution in [0, 0.1) is 22.0 Å². The number of nitrogens with zero attached hydrogens (tertiary/aromatic N) is 1. The third-order valence-corrected chi connectivity index (χ3v) is 4.14. The van der Waals surface area contributed by atoms with Gasteiger partial charge in [-0.15, -0.1) is 0 Å². The lowest BCUT2D eigenvalue weighted by Gasteiger charge is -2.33. The zero-order chi connectivity index (χ0) is 16.3. The number of carbonyl (C=O) groups is 2. The summed E-state index contributed by atoms with van der Waals surface area (Å²) < 4.78 is 0. The number of hydrogen-bond acceptors (Lipinski definition) is 4. The molecule has 7 nitrogen and oxygen atoms in total. The first kappa shape index (κ1) is 15.9. The number of nitro benzene ring substituents is 1. The molecule has 1 aliphatic carbocycles. The molecule has 0 bridgehead atoms. The van der Waals surface area contributed by atoms with Gasteiger partial charge in [-0.1, -0.05) is 19.1 Å². The summed E-state index contributed by atoms with van der Waals surface area (Å²) in [6.45, 7) is 1.86. The van der Waals surface area contributed by atoms with Crippen molar-refractivity contribution in [2.24, 2.45) is 11.8 Å². The van der Waals surface area contributed by atoms with E-state index in [4.69, 9.17) is 5.11 Å². The molecule has 1 aromatic rings. The monoisotopic (exact) mass is 306 g/mol. The van der Waals surface area contributed by atoms with E-state index in [-0.39, 0.29) is 17.6 Å². The van der Waals surface area contributed by atoms with Crippen LogP contribution in [0.2, 0.25) is 0 Å². The van der Waals surface area contributed by atoms with Gasteiger partial charge in [0.15, 0.2) is 0 Å². The zero-order valence-corrected chi connectivity index (χ0v) is 12.2. The average Bonchev–Trinajstić information content (AvgIpc) is 2.43. The smallest absolute Gasteiger partial charge is 0.307 e. The maximum atomic E-state index is 12.2. The number of carboxylic acid groups (broad SMARTS) is 1. The largest absolute Gasteiger partial charge is 0.481 e. The minimum atomic E-state index is -0.949. The summed E-state index contributed by atoms with van der Waals surface area (Å²) in [6.07, 6.45) is 1.65. The second kappa shape index (κ2) is 6.55. The SMILES string of the molecule is CCC(NC(=O)C1CCC1C(=O)O)c1cccc([N+](=O)[O-])c1. The van der Waals surface area contributed by atoms with Gasteiger partial charge in [-0.25, -0.2) is 0 Å². The van der Waals surface area contributed by atoms with E-state index in [0.717, 1.165) is 0 Å². The minimum absolute atomic E-state index is 0.0303. The van der Waals surface area contributed by atoms with Crippen molar-refractivity contribution in [3.63, 3.8) is 0 Å². The summed E-state index contributed by atoms with van der Waals surface area (Å²) in [6, 6.07) is 5.76. The van der Waals surface area contributed by atoms with Crippen LogP contribution >= 0.6 is 0 Å². The molecule has 0 aromatic heterocycles. The van der Waals surface area contributed by atoms with Crippen molar-refractivity contribution < 1.29 is 19.6 Å². The summed E-state index contributed by atoms with van der Waals surface area (Å²) in [4.78, 5) is 33.5. The predicted octanol–water partition coefficient (Wildman–Crippen LogP) is 2.27. The molecule has 1 aromatic carbocycles. The molecule has 0 radical (unpaired) electrons. The molecule has 7 heteroatoms. The molecule has 3 atom stereocenters. The Morgan fingerprint density at radius 1 is 1.41 bits per heavy atom. The van der Waals surface area contributed by atoms with E-state index >= 15 is 0 Å². The third-order valence-electron chi connectivity index (χ3n) is 4.14. The lowest BCUT2D eigenvalue weighted by Crippen LogP contribution is -2.45. The first-order chi connectivity index (χ1) is 10.4. The summed E-state index contributed by atoms with van der Waals surface area (Å²) in [7, 11) is 0. The molecule has 2 N–H and O–H groups in total. The number of aliphatic carboxylic acids is 1. The highest BCUT2D eigenvalue weighted by Gasteiger charge is 2.41. The van der Waals surface area contributed by atoms with Crippen molar-refractivity contribution in [2.75, 3.05) is 0 Å². The average molecular weight is 306 g/mol. The summed E-state index contributed by atoms with van der Waals surface area (Å²) >= 11 is 0. The van der Waals surface area contributed by atoms with Crippen molar-refractivity contribution in [2.45, 2.75) is 32.2 Å². The van der Waals surface area contributed by atoms with Crippen LogP contribution in [0.1, 0.15) is 37.8 Å². The molecule has 0 heterocycles. The van der Waals surface area contributed by atoms with Crippen molar-refractivity contribution >= 4 is 17.6 Å². The van der Waals surface area contributed by atoms with Crippen LogP contribution in [0.5, 0.6) is 0 Å². The van der Waals surface area contributed by atoms with E-state index in [1.165, 1.54) is 12.1 Å². The number of hydrogen-bond donors (Lipinski definition) is 2. The van der Waals surface area contributed by atoms with Gasteiger partial charge >= 0.3 is 5.97 Å². The van der Waals surface area contributed by atoms with Gasteiger partial charge < -0.3 is 10.4 Å². The van der Waals surface area contributed by atoms with Crippen LogP contribution in [0.25, 0.3) is 0 Å². The molecular formula is C15H18N2O5. The second-order valence-electron chi connectivity index (χ2n) is 5.45. The highest BCUT2D eigenvalue weighted by atomic mass is 16.6.